The van der Waals surface area contributed by atoms with E-state index in [0.717, 1.165) is 38.5 Å². The van der Waals surface area contributed by atoms with Gasteiger partial charge in [-0.05, 0) is 61.7 Å². The summed E-state index contributed by atoms with van der Waals surface area (Å²) in [6, 6.07) is 0. The fourth-order valence-electron chi connectivity index (χ4n) is 7.15. The van der Waals surface area contributed by atoms with Gasteiger partial charge < -0.3 is 4.74 Å². The number of hydrogen-bond donors (Lipinski definition) is 0. The number of carbonyl (C=O) groups excluding carboxylic acids is 3. The summed E-state index contributed by atoms with van der Waals surface area (Å²) in [5.41, 5.74) is -0.375. The maximum Gasteiger partial charge on any atom is 0.302 e. The maximum atomic E-state index is 13.2. The van der Waals surface area contributed by atoms with Crippen molar-refractivity contribution in [3.05, 3.63) is 0 Å². The summed E-state index contributed by atoms with van der Waals surface area (Å²) >= 11 is 0. The standard InChI is InChI=1S/C21H30O4/c1-12(22)25-14-8-9-20(2)13(10-14)4-5-15-16-6-7-18(24)21(16,3)11-17(23)19(15)20/h13-16,19H,4-11H2,1-3H3/t13?,14-,15-,16-,19+,20-,21-/m0/s1. The Kier molecular flexibility index (Phi) is 3.90. The van der Waals surface area contributed by atoms with Crippen LogP contribution in [0.3, 0.4) is 0 Å². The Balaban J connectivity index is 1.60. The summed E-state index contributed by atoms with van der Waals surface area (Å²) in [6.07, 6.45) is 6.97. The van der Waals surface area contributed by atoms with Crippen molar-refractivity contribution in [1.82, 2.24) is 0 Å². The summed E-state index contributed by atoms with van der Waals surface area (Å²) in [7, 11) is 0. The molecule has 0 saturated heterocycles. The molecule has 0 amide bonds. The van der Waals surface area contributed by atoms with Crippen LogP contribution in [0.25, 0.3) is 0 Å². The number of ketones is 2. The van der Waals surface area contributed by atoms with E-state index in [2.05, 4.69) is 6.92 Å². The molecule has 1 unspecified atom stereocenters. The molecule has 25 heavy (non-hydrogen) atoms. The van der Waals surface area contributed by atoms with Crippen LogP contribution in [-0.2, 0) is 19.1 Å². The average molecular weight is 346 g/mol. The second-order valence-corrected chi connectivity index (χ2v) is 9.56. The highest BCUT2D eigenvalue weighted by molar-refractivity contribution is 5.95. The van der Waals surface area contributed by atoms with E-state index in [1.165, 1.54) is 6.92 Å². The van der Waals surface area contributed by atoms with E-state index in [9.17, 15) is 14.4 Å². The molecule has 7 atom stereocenters. The lowest BCUT2D eigenvalue weighted by atomic mass is 9.45. The third-order valence-electron chi connectivity index (χ3n) is 8.35. The molecule has 0 aromatic carbocycles. The first-order valence-corrected chi connectivity index (χ1v) is 9.99. The highest BCUT2D eigenvalue weighted by Crippen LogP contribution is 2.64. The SMILES string of the molecule is CC(=O)O[C@H]1CC[C@@]2(C)C(CC[C@@H]3[C@@H]2C(=O)C[C@]2(C)C(=O)CC[C@@H]32)C1. The van der Waals surface area contributed by atoms with Crippen molar-refractivity contribution in [2.24, 2.45) is 34.5 Å². The minimum atomic E-state index is -0.392. The third kappa shape index (κ3) is 2.43. The van der Waals surface area contributed by atoms with Gasteiger partial charge in [0.15, 0.2) is 0 Å². The van der Waals surface area contributed by atoms with E-state index in [0.29, 0.717) is 42.2 Å². The third-order valence-corrected chi connectivity index (χ3v) is 8.35. The maximum absolute atomic E-state index is 13.2. The zero-order valence-corrected chi connectivity index (χ0v) is 15.7. The van der Waals surface area contributed by atoms with Gasteiger partial charge in [0, 0.05) is 31.1 Å². The largest absolute Gasteiger partial charge is 0.463 e. The van der Waals surface area contributed by atoms with E-state index in [-0.39, 0.29) is 23.4 Å². The smallest absolute Gasteiger partial charge is 0.302 e. The van der Waals surface area contributed by atoms with Crippen molar-refractivity contribution in [2.45, 2.75) is 78.2 Å². The molecular weight excluding hydrogens is 316 g/mol. The van der Waals surface area contributed by atoms with Crippen molar-refractivity contribution < 1.29 is 19.1 Å². The Hall–Kier alpha value is -1.19. The van der Waals surface area contributed by atoms with Crippen molar-refractivity contribution in [2.75, 3.05) is 0 Å². The van der Waals surface area contributed by atoms with Crippen LogP contribution in [0.4, 0.5) is 0 Å². The molecule has 0 bridgehead atoms. The molecule has 4 nitrogen and oxygen atoms in total. The van der Waals surface area contributed by atoms with Crippen LogP contribution in [0, 0.1) is 34.5 Å². The highest BCUT2D eigenvalue weighted by Gasteiger charge is 2.63. The van der Waals surface area contributed by atoms with Crippen LogP contribution in [-0.4, -0.2) is 23.6 Å². The fourth-order valence-corrected chi connectivity index (χ4v) is 7.15. The van der Waals surface area contributed by atoms with Crippen molar-refractivity contribution in [3.8, 4) is 0 Å². The lowest BCUT2D eigenvalue weighted by Gasteiger charge is -2.59. The quantitative estimate of drug-likeness (QED) is 0.679. The summed E-state index contributed by atoms with van der Waals surface area (Å²) in [5, 5.41) is 0. The Morgan fingerprint density at radius 3 is 2.60 bits per heavy atom. The summed E-state index contributed by atoms with van der Waals surface area (Å²) in [4.78, 5) is 37.0. The van der Waals surface area contributed by atoms with E-state index >= 15 is 0 Å². The monoisotopic (exact) mass is 346 g/mol. The lowest BCUT2D eigenvalue weighted by Crippen LogP contribution is -2.57. The minimum absolute atomic E-state index is 0.0175. The first kappa shape index (κ1) is 17.2. The molecule has 0 aliphatic heterocycles. The highest BCUT2D eigenvalue weighted by atomic mass is 16.5. The number of carbonyl (C=O) groups is 3. The van der Waals surface area contributed by atoms with Crippen LogP contribution in [0.2, 0.25) is 0 Å². The second-order valence-electron chi connectivity index (χ2n) is 9.56. The molecule has 4 heteroatoms. The van der Waals surface area contributed by atoms with E-state index in [4.69, 9.17) is 4.74 Å². The number of fused-ring (bicyclic) bond motifs is 5. The predicted octanol–water partition coefficient (Wildman–Crippen LogP) is 3.71. The predicted molar refractivity (Wildman–Crippen MR) is 92.7 cm³/mol. The van der Waals surface area contributed by atoms with Crippen LogP contribution >= 0.6 is 0 Å². The van der Waals surface area contributed by atoms with Gasteiger partial charge in [0.1, 0.15) is 17.7 Å². The molecule has 138 valence electrons. The Morgan fingerprint density at radius 1 is 1.12 bits per heavy atom. The van der Waals surface area contributed by atoms with Crippen molar-refractivity contribution in [1.29, 1.82) is 0 Å². The van der Waals surface area contributed by atoms with Crippen molar-refractivity contribution in [3.63, 3.8) is 0 Å². The number of rotatable bonds is 1. The second kappa shape index (κ2) is 5.65. The molecule has 0 spiro atoms. The fraction of sp³-hybridized carbons (Fsp3) is 0.857. The van der Waals surface area contributed by atoms with Gasteiger partial charge in [0.25, 0.3) is 0 Å². The number of hydrogen-bond acceptors (Lipinski definition) is 4. The molecule has 0 radical (unpaired) electrons. The van der Waals surface area contributed by atoms with E-state index < -0.39 is 5.41 Å². The molecule has 4 aliphatic carbocycles. The van der Waals surface area contributed by atoms with Gasteiger partial charge in [-0.3, -0.25) is 14.4 Å². The van der Waals surface area contributed by atoms with E-state index in [1.54, 1.807) is 0 Å². The van der Waals surface area contributed by atoms with Gasteiger partial charge in [0.2, 0.25) is 0 Å². The van der Waals surface area contributed by atoms with Crippen LogP contribution in [0.5, 0.6) is 0 Å². The minimum Gasteiger partial charge on any atom is -0.463 e. The lowest BCUT2D eigenvalue weighted by molar-refractivity contribution is -0.168. The molecule has 0 N–H and O–H groups in total. The molecular formula is C21H30O4. The molecule has 0 aromatic heterocycles. The number of esters is 1. The van der Waals surface area contributed by atoms with Gasteiger partial charge in [0.05, 0.1) is 0 Å². The topological polar surface area (TPSA) is 60.4 Å². The first-order chi connectivity index (χ1) is 11.8. The Morgan fingerprint density at radius 2 is 1.88 bits per heavy atom. The summed E-state index contributed by atoms with van der Waals surface area (Å²) < 4.78 is 5.48. The molecule has 4 saturated carbocycles. The Labute approximate surface area is 150 Å². The molecule has 4 fully saturated rings. The zero-order chi connectivity index (χ0) is 18.0. The van der Waals surface area contributed by atoms with E-state index in [1.807, 2.05) is 6.92 Å². The van der Waals surface area contributed by atoms with Gasteiger partial charge in [-0.15, -0.1) is 0 Å². The average Bonchev–Trinajstić information content (AvgIpc) is 2.82. The van der Waals surface area contributed by atoms with Gasteiger partial charge in [-0.2, -0.15) is 0 Å². The molecule has 0 aromatic rings. The van der Waals surface area contributed by atoms with Gasteiger partial charge in [-0.1, -0.05) is 13.8 Å². The zero-order valence-electron chi connectivity index (χ0n) is 15.7. The first-order valence-electron chi connectivity index (χ1n) is 9.99. The van der Waals surface area contributed by atoms with Crippen LogP contribution < -0.4 is 0 Å². The normalized spacial score (nSPS) is 49.2. The number of ether oxygens (including phenoxy) is 1. The van der Waals surface area contributed by atoms with Crippen LogP contribution in [0.1, 0.15) is 72.1 Å². The molecule has 0 heterocycles. The molecule has 4 aliphatic rings. The summed E-state index contributed by atoms with van der Waals surface area (Å²) in [5.74, 6) is 1.78. The van der Waals surface area contributed by atoms with Crippen LogP contribution in [0.15, 0.2) is 0 Å². The number of Topliss-reactive ketones (excluding diaryl/α,β-unsaturated/α-hetero) is 2. The van der Waals surface area contributed by atoms with Gasteiger partial charge >= 0.3 is 5.97 Å². The molecule has 4 rings (SSSR count). The summed E-state index contributed by atoms with van der Waals surface area (Å²) in [6.45, 7) is 5.83. The van der Waals surface area contributed by atoms with Gasteiger partial charge in [-0.25, -0.2) is 0 Å². The van der Waals surface area contributed by atoms with Crippen molar-refractivity contribution >= 4 is 17.5 Å². The Bertz CT molecular complexity index is 625.